The molecular formula is C25H22BrCl3N2O3. The maximum absolute atomic E-state index is 13.4. The number of amides is 2. The Morgan fingerprint density at radius 2 is 1.71 bits per heavy atom. The fourth-order valence-electron chi connectivity index (χ4n) is 3.37. The third-order valence-electron chi connectivity index (χ3n) is 5.10. The van der Waals surface area contributed by atoms with Gasteiger partial charge in [-0.15, -0.1) is 0 Å². The Balaban J connectivity index is 1.90. The minimum Gasteiger partial charge on any atom is -0.483 e. The van der Waals surface area contributed by atoms with E-state index < -0.39 is 6.04 Å². The summed E-state index contributed by atoms with van der Waals surface area (Å²) in [7, 11) is 1.55. The molecule has 0 saturated carbocycles. The summed E-state index contributed by atoms with van der Waals surface area (Å²) >= 11 is 21.6. The minimum atomic E-state index is -0.772. The number of carbonyl (C=O) groups excluding carboxylic acids is 2. The predicted molar refractivity (Wildman–Crippen MR) is 140 cm³/mol. The molecule has 2 amide bonds. The van der Waals surface area contributed by atoms with Crippen molar-refractivity contribution in [3.63, 3.8) is 0 Å². The number of halogens is 4. The molecule has 178 valence electrons. The molecule has 1 atom stereocenters. The third-order valence-corrected chi connectivity index (χ3v) is 6.69. The van der Waals surface area contributed by atoms with Crippen LogP contribution >= 0.6 is 50.7 Å². The normalized spacial score (nSPS) is 11.6. The van der Waals surface area contributed by atoms with E-state index in [1.165, 1.54) is 4.90 Å². The Hall–Kier alpha value is -2.25. The van der Waals surface area contributed by atoms with Crippen molar-refractivity contribution in [1.82, 2.24) is 10.2 Å². The monoisotopic (exact) mass is 582 g/mol. The van der Waals surface area contributed by atoms with Crippen molar-refractivity contribution < 1.29 is 14.3 Å². The van der Waals surface area contributed by atoms with Crippen LogP contribution in [0.1, 0.15) is 11.1 Å². The van der Waals surface area contributed by atoms with Gasteiger partial charge in [-0.3, -0.25) is 9.59 Å². The number of hydrogen-bond donors (Lipinski definition) is 1. The molecule has 0 fully saturated rings. The van der Waals surface area contributed by atoms with Crippen molar-refractivity contribution in [2.45, 2.75) is 19.0 Å². The van der Waals surface area contributed by atoms with Gasteiger partial charge in [0, 0.05) is 25.0 Å². The summed E-state index contributed by atoms with van der Waals surface area (Å²) in [5, 5.41) is 3.99. The van der Waals surface area contributed by atoms with E-state index in [4.69, 9.17) is 39.5 Å². The quantitative estimate of drug-likeness (QED) is 0.327. The van der Waals surface area contributed by atoms with E-state index in [0.29, 0.717) is 31.7 Å². The third kappa shape index (κ3) is 7.12. The second-order valence-corrected chi connectivity index (χ2v) is 9.56. The minimum absolute atomic E-state index is 0.145. The first-order valence-electron chi connectivity index (χ1n) is 10.3. The summed E-state index contributed by atoms with van der Waals surface area (Å²) in [6, 6.07) is 18.9. The van der Waals surface area contributed by atoms with Crippen LogP contribution in [-0.4, -0.2) is 36.4 Å². The molecular weight excluding hydrogens is 563 g/mol. The van der Waals surface area contributed by atoms with Gasteiger partial charge in [-0.2, -0.15) is 0 Å². The molecule has 3 rings (SSSR count). The second-order valence-electron chi connectivity index (χ2n) is 7.45. The van der Waals surface area contributed by atoms with E-state index in [1.54, 1.807) is 43.4 Å². The van der Waals surface area contributed by atoms with Gasteiger partial charge in [0.1, 0.15) is 11.8 Å². The smallest absolute Gasteiger partial charge is 0.261 e. The molecule has 3 aromatic carbocycles. The van der Waals surface area contributed by atoms with E-state index >= 15 is 0 Å². The Morgan fingerprint density at radius 3 is 2.35 bits per heavy atom. The van der Waals surface area contributed by atoms with Crippen LogP contribution in [-0.2, 0) is 22.6 Å². The van der Waals surface area contributed by atoms with E-state index in [1.807, 2.05) is 30.3 Å². The maximum Gasteiger partial charge on any atom is 0.261 e. The number of ether oxygens (including phenoxy) is 1. The number of nitrogens with one attached hydrogen (secondary N) is 1. The zero-order valence-corrected chi connectivity index (χ0v) is 22.1. The van der Waals surface area contributed by atoms with Crippen LogP contribution in [0.2, 0.25) is 15.1 Å². The molecule has 0 aliphatic heterocycles. The van der Waals surface area contributed by atoms with E-state index in [9.17, 15) is 9.59 Å². The van der Waals surface area contributed by atoms with Gasteiger partial charge in [0.15, 0.2) is 6.61 Å². The molecule has 3 aromatic rings. The van der Waals surface area contributed by atoms with Crippen molar-refractivity contribution in [3.05, 3.63) is 97.4 Å². The Morgan fingerprint density at radius 1 is 0.971 bits per heavy atom. The lowest BCUT2D eigenvalue weighted by Crippen LogP contribution is -2.51. The highest BCUT2D eigenvalue weighted by Gasteiger charge is 2.30. The second kappa shape index (κ2) is 12.5. The highest BCUT2D eigenvalue weighted by atomic mass is 79.9. The molecule has 9 heteroatoms. The highest BCUT2D eigenvalue weighted by Crippen LogP contribution is 2.28. The lowest BCUT2D eigenvalue weighted by Gasteiger charge is -2.31. The first kappa shape index (κ1) is 26.4. The molecule has 0 aromatic heterocycles. The lowest BCUT2D eigenvalue weighted by molar-refractivity contribution is -0.142. The fourth-order valence-corrected chi connectivity index (χ4v) is 4.49. The van der Waals surface area contributed by atoms with Crippen molar-refractivity contribution in [1.29, 1.82) is 0 Å². The average molecular weight is 585 g/mol. The van der Waals surface area contributed by atoms with Crippen molar-refractivity contribution in [3.8, 4) is 5.75 Å². The number of carbonyl (C=O) groups is 2. The molecule has 0 saturated heterocycles. The van der Waals surface area contributed by atoms with Crippen LogP contribution in [0.3, 0.4) is 0 Å². The zero-order chi connectivity index (χ0) is 24.7. The number of benzene rings is 3. The molecule has 0 spiro atoms. The molecule has 0 radical (unpaired) electrons. The first-order chi connectivity index (χ1) is 16.3. The van der Waals surface area contributed by atoms with Gasteiger partial charge in [-0.1, -0.05) is 71.2 Å². The molecule has 1 N–H and O–H groups in total. The summed E-state index contributed by atoms with van der Waals surface area (Å²) < 4.78 is 6.37. The number of likely N-dealkylation sites (N-methyl/N-ethyl adjacent to an activating group) is 1. The van der Waals surface area contributed by atoms with Gasteiger partial charge >= 0.3 is 0 Å². The lowest BCUT2D eigenvalue weighted by atomic mass is 10.0. The first-order valence-corrected chi connectivity index (χ1v) is 12.3. The Bertz CT molecular complexity index is 1160. The van der Waals surface area contributed by atoms with E-state index in [0.717, 1.165) is 11.1 Å². The topological polar surface area (TPSA) is 58.6 Å². The van der Waals surface area contributed by atoms with E-state index in [-0.39, 0.29) is 25.0 Å². The maximum atomic E-state index is 13.4. The van der Waals surface area contributed by atoms with Crippen LogP contribution in [0, 0.1) is 0 Å². The average Bonchev–Trinajstić information content (AvgIpc) is 2.83. The number of hydrogen-bond acceptors (Lipinski definition) is 3. The fraction of sp³-hybridized carbons (Fsp3) is 0.200. The zero-order valence-electron chi connectivity index (χ0n) is 18.2. The van der Waals surface area contributed by atoms with Gasteiger partial charge in [0.05, 0.1) is 14.5 Å². The van der Waals surface area contributed by atoms with Gasteiger partial charge in [0.2, 0.25) is 5.91 Å². The number of rotatable bonds is 9. The predicted octanol–water partition coefficient (Wildman–Crippen LogP) is 6.17. The van der Waals surface area contributed by atoms with Gasteiger partial charge < -0.3 is 15.0 Å². The Kier molecular flexibility index (Phi) is 9.65. The summed E-state index contributed by atoms with van der Waals surface area (Å²) in [5.41, 5.74) is 1.65. The van der Waals surface area contributed by atoms with E-state index in [2.05, 4.69) is 21.2 Å². The Labute approximate surface area is 222 Å². The van der Waals surface area contributed by atoms with Gasteiger partial charge in [-0.05, 0) is 57.4 Å². The van der Waals surface area contributed by atoms with Crippen LogP contribution in [0.15, 0.2) is 71.2 Å². The molecule has 0 bridgehead atoms. The molecule has 0 aliphatic carbocycles. The van der Waals surface area contributed by atoms with Crippen molar-refractivity contribution in [2.75, 3.05) is 13.7 Å². The van der Waals surface area contributed by atoms with Gasteiger partial charge in [0.25, 0.3) is 5.91 Å². The molecule has 5 nitrogen and oxygen atoms in total. The van der Waals surface area contributed by atoms with Crippen LogP contribution in [0.25, 0.3) is 0 Å². The number of nitrogens with zero attached hydrogens (tertiary/aromatic N) is 1. The van der Waals surface area contributed by atoms with Crippen LogP contribution < -0.4 is 10.1 Å². The summed E-state index contributed by atoms with van der Waals surface area (Å²) in [5.74, 6) is -0.186. The summed E-state index contributed by atoms with van der Waals surface area (Å²) in [4.78, 5) is 27.8. The van der Waals surface area contributed by atoms with Crippen LogP contribution in [0.4, 0.5) is 0 Å². The SMILES string of the molecule is CNC(=O)[C@@H](Cc1ccccc1)N(Cc1ccc(Cl)c(Cl)c1)C(=O)COc1ccc(Cl)cc1Br. The molecule has 0 heterocycles. The molecule has 34 heavy (non-hydrogen) atoms. The van der Waals surface area contributed by atoms with Crippen molar-refractivity contribution >= 4 is 62.5 Å². The van der Waals surface area contributed by atoms with Crippen molar-refractivity contribution in [2.24, 2.45) is 0 Å². The van der Waals surface area contributed by atoms with Crippen LogP contribution in [0.5, 0.6) is 5.75 Å². The molecule has 0 aliphatic rings. The summed E-state index contributed by atoms with van der Waals surface area (Å²) in [6.45, 7) is -0.129. The standard InChI is InChI=1S/C25H22BrCl3N2O3/c1-30-25(33)22(12-16-5-3-2-4-6-16)31(14-17-7-9-20(28)21(29)11-17)24(32)15-34-23-10-8-18(27)13-19(23)26/h2-11,13,22H,12,14-15H2,1H3,(H,30,33)/t22-/m1/s1. The largest absolute Gasteiger partial charge is 0.483 e. The molecule has 0 unspecified atom stereocenters. The highest BCUT2D eigenvalue weighted by molar-refractivity contribution is 9.10. The van der Waals surface area contributed by atoms with Gasteiger partial charge in [-0.25, -0.2) is 0 Å². The summed E-state index contributed by atoms with van der Waals surface area (Å²) in [6.07, 6.45) is 0.332.